The van der Waals surface area contributed by atoms with Gasteiger partial charge in [0.25, 0.3) is 5.22 Å². The molecule has 0 aliphatic rings. The Morgan fingerprint density at radius 2 is 2.00 bits per heavy atom. The molecule has 2 rings (SSSR count). The van der Waals surface area contributed by atoms with Gasteiger partial charge in [0.2, 0.25) is 5.89 Å². The fourth-order valence-electron chi connectivity index (χ4n) is 1.62. The number of allylic oxidation sites excluding steroid dienone is 1. The minimum Gasteiger partial charge on any atom is -0.411 e. The third kappa shape index (κ3) is 4.27. The number of nitrogens with zero attached hydrogens (tertiary/aromatic N) is 3. The topological polar surface area (TPSA) is 42.2 Å². The van der Waals surface area contributed by atoms with Gasteiger partial charge in [0.05, 0.1) is 0 Å². The van der Waals surface area contributed by atoms with Crippen molar-refractivity contribution in [2.24, 2.45) is 0 Å². The Morgan fingerprint density at radius 1 is 1.23 bits per heavy atom. The highest BCUT2D eigenvalue weighted by atomic mass is 32.2. The molecule has 0 radical (unpaired) electrons. The van der Waals surface area contributed by atoms with E-state index in [-0.39, 0.29) is 17.4 Å². The van der Waals surface area contributed by atoms with E-state index in [1.165, 1.54) is 0 Å². The van der Waals surface area contributed by atoms with E-state index in [4.69, 9.17) is 4.42 Å². The molecule has 1 heterocycles. The maximum Gasteiger partial charge on any atom is 0.301 e. The van der Waals surface area contributed by atoms with Crippen molar-refractivity contribution in [2.75, 3.05) is 24.7 Å². The molecule has 8 heteroatoms. The molecule has 4 nitrogen and oxygen atoms in total. The van der Waals surface area contributed by atoms with E-state index in [1.54, 1.807) is 0 Å². The van der Waals surface area contributed by atoms with E-state index in [1.807, 2.05) is 43.3 Å². The van der Waals surface area contributed by atoms with Crippen LogP contribution in [0.25, 0.3) is 11.5 Å². The van der Waals surface area contributed by atoms with Gasteiger partial charge >= 0.3 is 6.08 Å². The van der Waals surface area contributed by atoms with E-state index in [0.29, 0.717) is 5.89 Å². The predicted octanol–water partition coefficient (Wildman–Crippen LogP) is 4.36. The number of thioether (sulfide) groups is 1. The first-order chi connectivity index (χ1) is 10.5. The molecule has 1 aromatic heterocycles. The summed E-state index contributed by atoms with van der Waals surface area (Å²) in [5.74, 6) is -0.979. The Hall–Kier alpha value is -1.96. The fraction of sp³-hybridized carbons (Fsp3) is 0.286. The summed E-state index contributed by atoms with van der Waals surface area (Å²) in [5.41, 5.74) is 1.74. The highest BCUT2D eigenvalue weighted by Gasteiger charge is 2.11. The van der Waals surface area contributed by atoms with Crippen molar-refractivity contribution >= 4 is 17.4 Å². The van der Waals surface area contributed by atoms with Gasteiger partial charge in [0.1, 0.15) is 0 Å². The monoisotopic (exact) mass is 329 g/mol. The third-order valence-corrected chi connectivity index (χ3v) is 3.59. The molecule has 22 heavy (non-hydrogen) atoms. The first-order valence-electron chi connectivity index (χ1n) is 6.41. The van der Waals surface area contributed by atoms with Gasteiger partial charge in [-0.3, -0.25) is 0 Å². The van der Waals surface area contributed by atoms with E-state index in [9.17, 15) is 13.2 Å². The summed E-state index contributed by atoms with van der Waals surface area (Å²) in [6.45, 7) is 0. The summed E-state index contributed by atoms with van der Waals surface area (Å²) in [4.78, 5) is 1.94. The minimum atomic E-state index is -2.28. The van der Waals surface area contributed by atoms with Gasteiger partial charge in [-0.25, -0.2) is 4.39 Å². The van der Waals surface area contributed by atoms with Gasteiger partial charge in [-0.1, -0.05) is 17.8 Å². The largest absolute Gasteiger partial charge is 0.411 e. The van der Waals surface area contributed by atoms with Crippen molar-refractivity contribution in [2.45, 2.75) is 11.6 Å². The molecule has 0 fully saturated rings. The molecule has 0 saturated heterocycles. The number of rotatable bonds is 6. The Balaban J connectivity index is 2.02. The van der Waals surface area contributed by atoms with Crippen molar-refractivity contribution in [3.63, 3.8) is 0 Å². The quantitative estimate of drug-likeness (QED) is 0.737. The van der Waals surface area contributed by atoms with Crippen molar-refractivity contribution < 1.29 is 17.6 Å². The fourth-order valence-corrected chi connectivity index (χ4v) is 2.32. The molecular weight excluding hydrogens is 315 g/mol. The minimum absolute atomic E-state index is 0.0997. The van der Waals surface area contributed by atoms with Gasteiger partial charge in [0, 0.05) is 37.5 Å². The summed E-state index contributed by atoms with van der Waals surface area (Å²) < 4.78 is 42.0. The van der Waals surface area contributed by atoms with E-state index < -0.39 is 11.9 Å². The summed E-state index contributed by atoms with van der Waals surface area (Å²) in [6.07, 6.45) is -2.66. The zero-order valence-electron chi connectivity index (χ0n) is 12.0. The summed E-state index contributed by atoms with van der Waals surface area (Å²) in [5, 5.41) is 7.95. The zero-order chi connectivity index (χ0) is 16.1. The molecule has 118 valence electrons. The molecule has 0 atom stereocenters. The lowest BCUT2D eigenvalue weighted by molar-refractivity contribution is 0.373. The first kappa shape index (κ1) is 16.4. The lowest BCUT2D eigenvalue weighted by atomic mass is 10.2. The van der Waals surface area contributed by atoms with Crippen LogP contribution < -0.4 is 4.90 Å². The van der Waals surface area contributed by atoms with Gasteiger partial charge in [0.15, 0.2) is 5.83 Å². The average Bonchev–Trinajstić information content (AvgIpc) is 2.96. The second-order valence-corrected chi connectivity index (χ2v) is 5.63. The molecule has 0 saturated carbocycles. The van der Waals surface area contributed by atoms with Crippen molar-refractivity contribution in [3.8, 4) is 11.5 Å². The lowest BCUT2D eigenvalue weighted by Crippen LogP contribution is -2.08. The molecule has 0 aliphatic heterocycles. The number of hydrogen-bond donors (Lipinski definition) is 0. The molecule has 2 aromatic rings. The number of halogens is 3. The second kappa shape index (κ2) is 7.35. The summed E-state index contributed by atoms with van der Waals surface area (Å²) in [6, 6.07) is 7.53. The van der Waals surface area contributed by atoms with Crippen LogP contribution in [0.15, 0.2) is 45.8 Å². The molecular formula is C14H14F3N3OS. The van der Waals surface area contributed by atoms with Crippen molar-refractivity contribution in [1.82, 2.24) is 10.2 Å². The molecule has 0 spiro atoms. The molecule has 0 bridgehead atoms. The second-order valence-electron chi connectivity index (χ2n) is 4.58. The normalized spacial score (nSPS) is 10.6. The molecule has 0 aliphatic carbocycles. The molecule has 0 amide bonds. The highest BCUT2D eigenvalue weighted by Crippen LogP contribution is 2.27. The Bertz CT molecular complexity index is 669. The van der Waals surface area contributed by atoms with E-state index >= 15 is 0 Å². The molecule has 0 N–H and O–H groups in total. The molecule has 1 aromatic carbocycles. The molecule has 0 unspecified atom stereocenters. The number of aromatic nitrogens is 2. The standard InChI is InChI=1S/C14H14F3N3OS/c1-20(2)10-5-3-4-9(8-10)13-18-19-14(21-13)22-7-6-11(15)12(16)17/h3-5,8H,6-7H2,1-2H3. The predicted molar refractivity (Wildman–Crippen MR) is 79.8 cm³/mol. The van der Waals surface area contributed by atoms with E-state index in [2.05, 4.69) is 10.2 Å². The lowest BCUT2D eigenvalue weighted by Gasteiger charge is -2.12. The van der Waals surface area contributed by atoms with Crippen LogP contribution in [0.1, 0.15) is 6.42 Å². The Labute approximate surface area is 130 Å². The smallest absolute Gasteiger partial charge is 0.301 e. The maximum atomic E-state index is 12.7. The SMILES string of the molecule is CN(C)c1cccc(-c2nnc(SCCC(F)=C(F)F)o2)c1. The highest BCUT2D eigenvalue weighted by molar-refractivity contribution is 7.99. The van der Waals surface area contributed by atoms with Gasteiger partial charge in [-0.05, 0) is 18.2 Å². The Kier molecular flexibility index (Phi) is 5.48. The summed E-state index contributed by atoms with van der Waals surface area (Å²) >= 11 is 1.03. The summed E-state index contributed by atoms with van der Waals surface area (Å²) in [7, 11) is 3.83. The van der Waals surface area contributed by atoms with Crippen LogP contribution in [0.4, 0.5) is 18.9 Å². The number of hydrogen-bond acceptors (Lipinski definition) is 5. The van der Waals surface area contributed by atoms with Crippen LogP contribution in [0, 0.1) is 0 Å². The van der Waals surface area contributed by atoms with Crippen LogP contribution in [0.5, 0.6) is 0 Å². The maximum absolute atomic E-state index is 12.7. The third-order valence-electron chi connectivity index (χ3n) is 2.77. The van der Waals surface area contributed by atoms with Crippen molar-refractivity contribution in [1.29, 1.82) is 0 Å². The average molecular weight is 329 g/mol. The van der Waals surface area contributed by atoms with Crippen LogP contribution in [0.3, 0.4) is 0 Å². The van der Waals surface area contributed by atoms with Crippen LogP contribution in [-0.2, 0) is 0 Å². The van der Waals surface area contributed by atoms with Gasteiger partial charge in [-0.15, -0.1) is 10.2 Å². The first-order valence-corrected chi connectivity index (χ1v) is 7.39. The van der Waals surface area contributed by atoms with Crippen LogP contribution in [0.2, 0.25) is 0 Å². The number of benzene rings is 1. The van der Waals surface area contributed by atoms with Gasteiger partial charge in [-0.2, -0.15) is 8.78 Å². The van der Waals surface area contributed by atoms with E-state index in [0.717, 1.165) is 23.0 Å². The Morgan fingerprint density at radius 3 is 2.68 bits per heavy atom. The number of anilines is 1. The van der Waals surface area contributed by atoms with Crippen molar-refractivity contribution in [3.05, 3.63) is 36.2 Å². The van der Waals surface area contributed by atoms with Crippen LogP contribution in [-0.4, -0.2) is 30.0 Å². The zero-order valence-corrected chi connectivity index (χ0v) is 12.8. The van der Waals surface area contributed by atoms with Crippen LogP contribution >= 0.6 is 11.8 Å². The van der Waals surface area contributed by atoms with Gasteiger partial charge < -0.3 is 9.32 Å².